The van der Waals surface area contributed by atoms with Crippen molar-refractivity contribution < 1.29 is 18.8 Å². The lowest BCUT2D eigenvalue weighted by Gasteiger charge is -2.16. The van der Waals surface area contributed by atoms with E-state index >= 15 is 0 Å². The molecule has 0 radical (unpaired) electrons. The van der Waals surface area contributed by atoms with Gasteiger partial charge in [-0.1, -0.05) is 0 Å². The fraction of sp³-hybridized carbons (Fsp3) is 0.250. The van der Waals surface area contributed by atoms with Crippen LogP contribution in [-0.2, 0) is 0 Å². The summed E-state index contributed by atoms with van der Waals surface area (Å²) in [6.45, 7) is 0. The molecule has 1 unspecified atom stereocenters. The summed E-state index contributed by atoms with van der Waals surface area (Å²) in [5.41, 5.74) is -0.261. The highest BCUT2D eigenvalue weighted by molar-refractivity contribution is 14.1. The number of halogens is 3. The van der Waals surface area contributed by atoms with Crippen LogP contribution in [0.3, 0.4) is 0 Å². The second-order valence-corrected chi connectivity index (χ2v) is 4.23. The van der Waals surface area contributed by atoms with Crippen LogP contribution in [0.1, 0.15) is 11.7 Å². The van der Waals surface area contributed by atoms with Gasteiger partial charge in [0, 0.05) is 34.7 Å². The number of nitro groups is 1. The molecule has 4 nitrogen and oxygen atoms in total. The van der Waals surface area contributed by atoms with Gasteiger partial charge in [-0.3, -0.25) is 10.1 Å². The molecule has 15 heavy (non-hydrogen) atoms. The largest absolute Gasteiger partial charge is 0.381 e. The predicted octanol–water partition coefficient (Wildman–Crippen LogP) is 2.66. The van der Waals surface area contributed by atoms with Crippen LogP contribution in [0.5, 0.6) is 0 Å². The number of hydrogen-bond acceptors (Lipinski definition) is 3. The third-order valence-corrected chi connectivity index (χ3v) is 2.32. The smallest absolute Gasteiger partial charge is 0.325 e. The molecule has 0 aliphatic carbocycles. The summed E-state index contributed by atoms with van der Waals surface area (Å²) in [4.78, 5) is 9.63. The topological polar surface area (TPSA) is 63.4 Å². The summed E-state index contributed by atoms with van der Waals surface area (Å²) in [5.74, 6) is 0. The van der Waals surface area contributed by atoms with Crippen LogP contribution in [-0.4, -0.2) is 14.0 Å². The van der Waals surface area contributed by atoms with Crippen molar-refractivity contribution in [2.75, 3.05) is 0 Å². The Labute approximate surface area is 97.2 Å². The maximum absolute atomic E-state index is 12.7. The van der Waals surface area contributed by atoms with Crippen molar-refractivity contribution in [3.8, 4) is 0 Å². The van der Waals surface area contributed by atoms with E-state index in [1.54, 1.807) is 0 Å². The van der Waals surface area contributed by atoms with Crippen molar-refractivity contribution in [3.05, 3.63) is 39.9 Å². The third kappa shape index (κ3) is 3.06. The van der Waals surface area contributed by atoms with E-state index in [2.05, 4.69) is 0 Å². The molecule has 0 aliphatic heterocycles. The normalized spacial score (nSPS) is 13.6. The first-order valence-corrected chi connectivity index (χ1v) is 4.89. The van der Waals surface area contributed by atoms with Crippen LogP contribution in [0.25, 0.3) is 0 Å². The summed E-state index contributed by atoms with van der Waals surface area (Å²) in [5, 5.41) is 19.4. The van der Waals surface area contributed by atoms with Crippen LogP contribution in [0.15, 0.2) is 24.3 Å². The summed E-state index contributed by atoms with van der Waals surface area (Å²) in [6, 6.07) is 4.35. The third-order valence-electron chi connectivity index (χ3n) is 1.73. The Balaban J connectivity index is 2.94. The van der Waals surface area contributed by atoms with E-state index < -0.39 is 15.0 Å². The molecular weight excluding hydrogens is 323 g/mol. The maximum Gasteiger partial charge on any atom is 0.325 e. The van der Waals surface area contributed by atoms with Crippen molar-refractivity contribution in [3.63, 3.8) is 0 Å². The Hall–Kier alpha value is -0.830. The Morgan fingerprint density at radius 3 is 2.20 bits per heavy atom. The average Bonchev–Trinajstić information content (AvgIpc) is 2.15. The van der Waals surface area contributed by atoms with Crippen molar-refractivity contribution in [2.45, 2.75) is 10.0 Å². The monoisotopic (exact) mass is 329 g/mol. The van der Waals surface area contributed by atoms with E-state index in [4.69, 9.17) is 5.11 Å². The highest BCUT2D eigenvalue weighted by Gasteiger charge is 2.35. The lowest BCUT2D eigenvalue weighted by Crippen LogP contribution is -2.17. The molecule has 0 fully saturated rings. The molecule has 1 N–H and O–H groups in total. The summed E-state index contributed by atoms with van der Waals surface area (Å²) in [7, 11) is 0. The number of hydrogen-bond donors (Lipinski definition) is 1. The minimum atomic E-state index is -3.30. The number of nitro benzene ring substituents is 1. The predicted molar refractivity (Wildman–Crippen MR) is 57.0 cm³/mol. The van der Waals surface area contributed by atoms with E-state index in [1.807, 2.05) is 0 Å². The first-order valence-electron chi connectivity index (χ1n) is 3.81. The molecule has 0 saturated heterocycles. The molecule has 0 aliphatic rings. The van der Waals surface area contributed by atoms with E-state index in [0.717, 1.165) is 46.9 Å². The molecule has 0 spiro atoms. The highest BCUT2D eigenvalue weighted by Crippen LogP contribution is 2.37. The summed E-state index contributed by atoms with van der Waals surface area (Å²) in [6.07, 6.45) is -1.96. The zero-order chi connectivity index (χ0) is 11.6. The SMILES string of the molecule is O=[N+]([O-])c1ccc(C(O)C(F)(F)I)cc1. The van der Waals surface area contributed by atoms with Gasteiger partial charge in [-0.2, -0.15) is 8.78 Å². The van der Waals surface area contributed by atoms with Gasteiger partial charge in [-0.05, 0) is 17.7 Å². The summed E-state index contributed by atoms with van der Waals surface area (Å²) < 4.78 is 22.0. The van der Waals surface area contributed by atoms with Crippen molar-refractivity contribution in [2.24, 2.45) is 0 Å². The molecule has 7 heteroatoms. The molecular formula is C8H6F2INO3. The average molecular weight is 329 g/mol. The van der Waals surface area contributed by atoms with E-state index in [0.29, 0.717) is 0 Å². The van der Waals surface area contributed by atoms with Crippen LogP contribution in [0.2, 0.25) is 0 Å². The number of non-ortho nitro benzene ring substituents is 1. The van der Waals surface area contributed by atoms with E-state index in [1.165, 1.54) is 0 Å². The Morgan fingerprint density at radius 2 is 1.87 bits per heavy atom. The van der Waals surface area contributed by atoms with Gasteiger partial charge >= 0.3 is 3.93 Å². The molecule has 1 atom stereocenters. The molecule has 82 valence electrons. The van der Waals surface area contributed by atoms with Gasteiger partial charge in [0.05, 0.1) is 4.92 Å². The van der Waals surface area contributed by atoms with Gasteiger partial charge in [0.1, 0.15) is 0 Å². The van der Waals surface area contributed by atoms with Gasteiger partial charge in [-0.15, -0.1) is 0 Å². The first kappa shape index (κ1) is 12.2. The number of alkyl halides is 3. The Morgan fingerprint density at radius 1 is 1.40 bits per heavy atom. The van der Waals surface area contributed by atoms with E-state index in [-0.39, 0.29) is 11.3 Å². The maximum atomic E-state index is 12.7. The van der Waals surface area contributed by atoms with Gasteiger partial charge in [0.15, 0.2) is 6.10 Å². The molecule has 1 rings (SSSR count). The Bertz CT molecular complexity index is 363. The second kappa shape index (κ2) is 4.35. The van der Waals surface area contributed by atoms with Crippen molar-refractivity contribution in [1.82, 2.24) is 0 Å². The second-order valence-electron chi connectivity index (χ2n) is 2.79. The van der Waals surface area contributed by atoms with E-state index in [9.17, 15) is 18.9 Å². The molecule has 0 saturated carbocycles. The lowest BCUT2D eigenvalue weighted by molar-refractivity contribution is -0.384. The number of nitrogens with zero attached hydrogens (tertiary/aromatic N) is 1. The van der Waals surface area contributed by atoms with Gasteiger partial charge in [0.25, 0.3) is 5.69 Å². The minimum absolute atomic E-state index is 0.0556. The quantitative estimate of drug-likeness (QED) is 0.401. The fourth-order valence-corrected chi connectivity index (χ4v) is 1.33. The van der Waals surface area contributed by atoms with Crippen LogP contribution >= 0.6 is 22.6 Å². The molecule has 0 aromatic heterocycles. The van der Waals surface area contributed by atoms with Crippen LogP contribution in [0, 0.1) is 10.1 Å². The number of rotatable bonds is 3. The van der Waals surface area contributed by atoms with Gasteiger partial charge in [-0.25, -0.2) is 0 Å². The Kier molecular flexibility index (Phi) is 3.55. The zero-order valence-electron chi connectivity index (χ0n) is 7.23. The fourth-order valence-electron chi connectivity index (χ4n) is 0.967. The minimum Gasteiger partial charge on any atom is -0.381 e. The first-order chi connectivity index (χ1) is 6.82. The zero-order valence-corrected chi connectivity index (χ0v) is 9.39. The van der Waals surface area contributed by atoms with Gasteiger partial charge in [0.2, 0.25) is 0 Å². The van der Waals surface area contributed by atoms with Crippen LogP contribution < -0.4 is 0 Å². The highest BCUT2D eigenvalue weighted by atomic mass is 127. The number of aliphatic hydroxyl groups excluding tert-OH is 1. The van der Waals surface area contributed by atoms with Crippen LogP contribution in [0.4, 0.5) is 14.5 Å². The van der Waals surface area contributed by atoms with Crippen molar-refractivity contribution >= 4 is 28.3 Å². The molecule has 0 amide bonds. The molecule has 0 bridgehead atoms. The molecule has 1 aromatic rings. The molecule has 1 aromatic carbocycles. The summed E-state index contributed by atoms with van der Waals surface area (Å²) >= 11 is 0.811. The lowest BCUT2D eigenvalue weighted by atomic mass is 10.1. The van der Waals surface area contributed by atoms with Crippen molar-refractivity contribution in [1.29, 1.82) is 0 Å². The standard InChI is InChI=1S/C8H6F2INO3/c9-8(10,11)7(13)5-1-3-6(4-2-5)12(14)15/h1-4,7,13H. The number of aliphatic hydroxyl groups is 1. The number of benzene rings is 1. The van der Waals surface area contributed by atoms with Gasteiger partial charge < -0.3 is 5.11 Å². The molecule has 0 heterocycles.